The zero-order valence-electron chi connectivity index (χ0n) is 16.6. The third kappa shape index (κ3) is 4.37. The molecule has 2 aliphatic heterocycles. The highest BCUT2D eigenvalue weighted by Gasteiger charge is 2.34. The normalized spacial score (nSPS) is 20.8. The van der Waals surface area contributed by atoms with Crippen LogP contribution in [0.5, 0.6) is 0 Å². The molecule has 0 spiro atoms. The average Bonchev–Trinajstić information content (AvgIpc) is 3.17. The molecule has 2 aromatic rings. The van der Waals surface area contributed by atoms with Gasteiger partial charge in [-0.1, -0.05) is 11.3 Å². The fraction of sp³-hybridized carbons (Fsp3) is 0.571. The first-order valence-corrected chi connectivity index (χ1v) is 11.1. The molecule has 0 saturated carbocycles. The van der Waals surface area contributed by atoms with Gasteiger partial charge in [0.2, 0.25) is 5.91 Å². The number of hydrogen-bond acceptors (Lipinski definition) is 6. The summed E-state index contributed by atoms with van der Waals surface area (Å²) < 4.78 is 19.4. The number of likely N-dealkylation sites (tertiary alicyclic amines) is 1. The molecule has 1 unspecified atom stereocenters. The highest BCUT2D eigenvalue weighted by Crippen LogP contribution is 2.33. The van der Waals surface area contributed by atoms with Crippen molar-refractivity contribution in [1.29, 1.82) is 0 Å². The molecule has 0 radical (unpaired) electrons. The van der Waals surface area contributed by atoms with Crippen LogP contribution < -0.4 is 4.90 Å². The summed E-state index contributed by atoms with van der Waals surface area (Å²) in [6.07, 6.45) is 3.14. The largest absolute Gasteiger partial charge is 0.466 e. The minimum absolute atomic E-state index is 0.0633. The summed E-state index contributed by atoms with van der Waals surface area (Å²) in [6, 6.07) is 4.63. The Labute approximate surface area is 173 Å². The second-order valence-corrected chi connectivity index (χ2v) is 8.75. The van der Waals surface area contributed by atoms with Gasteiger partial charge in [0.25, 0.3) is 0 Å². The van der Waals surface area contributed by atoms with Crippen LogP contribution in [0.25, 0.3) is 10.2 Å². The molecule has 29 heavy (non-hydrogen) atoms. The van der Waals surface area contributed by atoms with E-state index in [1.54, 1.807) is 6.07 Å². The van der Waals surface area contributed by atoms with E-state index in [2.05, 4.69) is 9.88 Å². The average molecular weight is 420 g/mol. The van der Waals surface area contributed by atoms with Crippen molar-refractivity contribution in [2.75, 3.05) is 37.7 Å². The lowest BCUT2D eigenvalue weighted by molar-refractivity contribution is -0.151. The van der Waals surface area contributed by atoms with E-state index in [9.17, 15) is 14.0 Å². The number of benzene rings is 1. The van der Waals surface area contributed by atoms with Crippen molar-refractivity contribution in [3.05, 3.63) is 24.0 Å². The fourth-order valence-corrected chi connectivity index (χ4v) is 5.25. The molecule has 4 rings (SSSR count). The van der Waals surface area contributed by atoms with Gasteiger partial charge in [-0.3, -0.25) is 9.59 Å². The van der Waals surface area contributed by atoms with Crippen molar-refractivity contribution in [3.63, 3.8) is 0 Å². The lowest BCUT2D eigenvalue weighted by atomic mass is 9.93. The number of piperidine rings is 2. The minimum atomic E-state index is -0.259. The Morgan fingerprint density at radius 3 is 2.76 bits per heavy atom. The molecule has 1 atom stereocenters. The van der Waals surface area contributed by atoms with Gasteiger partial charge in [-0.15, -0.1) is 0 Å². The Morgan fingerprint density at radius 2 is 2.00 bits per heavy atom. The molecule has 1 amide bonds. The molecule has 2 saturated heterocycles. The van der Waals surface area contributed by atoms with E-state index in [-0.39, 0.29) is 29.5 Å². The number of halogens is 1. The van der Waals surface area contributed by atoms with Crippen LogP contribution >= 0.6 is 11.3 Å². The maximum Gasteiger partial charge on any atom is 0.309 e. The van der Waals surface area contributed by atoms with Gasteiger partial charge in [-0.25, -0.2) is 9.37 Å². The first-order valence-electron chi connectivity index (χ1n) is 10.3. The second kappa shape index (κ2) is 8.65. The molecule has 0 N–H and O–H groups in total. The van der Waals surface area contributed by atoms with Gasteiger partial charge < -0.3 is 14.5 Å². The number of amides is 1. The van der Waals surface area contributed by atoms with E-state index >= 15 is 0 Å². The van der Waals surface area contributed by atoms with Gasteiger partial charge in [-0.2, -0.15) is 0 Å². The maximum atomic E-state index is 13.5. The van der Waals surface area contributed by atoms with E-state index in [0.717, 1.165) is 34.7 Å². The van der Waals surface area contributed by atoms with Crippen LogP contribution in [0, 0.1) is 17.7 Å². The Kier molecular flexibility index (Phi) is 5.99. The van der Waals surface area contributed by atoms with E-state index < -0.39 is 0 Å². The predicted molar refractivity (Wildman–Crippen MR) is 110 cm³/mol. The highest BCUT2D eigenvalue weighted by molar-refractivity contribution is 7.22. The van der Waals surface area contributed by atoms with Crippen LogP contribution in [0.3, 0.4) is 0 Å². The second-order valence-electron chi connectivity index (χ2n) is 7.75. The number of rotatable bonds is 4. The molecule has 2 aliphatic rings. The predicted octanol–water partition coefficient (Wildman–Crippen LogP) is 3.45. The lowest BCUT2D eigenvalue weighted by Crippen LogP contribution is -2.48. The summed E-state index contributed by atoms with van der Waals surface area (Å²) >= 11 is 1.47. The van der Waals surface area contributed by atoms with Gasteiger partial charge in [0.1, 0.15) is 5.82 Å². The van der Waals surface area contributed by atoms with Crippen LogP contribution in [0.15, 0.2) is 18.2 Å². The molecule has 0 aliphatic carbocycles. The molecule has 6 nitrogen and oxygen atoms in total. The molecule has 0 bridgehead atoms. The quantitative estimate of drug-likeness (QED) is 0.711. The number of ether oxygens (including phenoxy) is 1. The molecule has 3 heterocycles. The van der Waals surface area contributed by atoms with E-state index in [1.165, 1.54) is 23.5 Å². The zero-order chi connectivity index (χ0) is 20.4. The summed E-state index contributed by atoms with van der Waals surface area (Å²) in [5.41, 5.74) is 0.792. The third-order valence-electron chi connectivity index (χ3n) is 5.81. The van der Waals surface area contributed by atoms with Gasteiger partial charge in [0, 0.05) is 26.2 Å². The van der Waals surface area contributed by atoms with Crippen molar-refractivity contribution in [1.82, 2.24) is 9.88 Å². The number of carbonyl (C=O) groups is 2. The van der Waals surface area contributed by atoms with Crippen LogP contribution in [0.4, 0.5) is 9.52 Å². The highest BCUT2D eigenvalue weighted by atomic mass is 32.1. The van der Waals surface area contributed by atoms with Crippen molar-refractivity contribution in [2.45, 2.75) is 32.6 Å². The van der Waals surface area contributed by atoms with Gasteiger partial charge >= 0.3 is 5.97 Å². The SMILES string of the molecule is CCOC(=O)C1CCN(C(=O)C2CCCN(c3nc4ccc(F)cc4s3)C2)CC1. The van der Waals surface area contributed by atoms with Gasteiger partial charge in [0.15, 0.2) is 5.13 Å². The summed E-state index contributed by atoms with van der Waals surface area (Å²) in [6.45, 7) is 4.93. The van der Waals surface area contributed by atoms with E-state index in [1.807, 2.05) is 11.8 Å². The maximum absolute atomic E-state index is 13.5. The van der Waals surface area contributed by atoms with Crippen molar-refractivity contribution in [2.24, 2.45) is 11.8 Å². The Balaban J connectivity index is 1.38. The molecular formula is C21H26FN3O3S. The smallest absolute Gasteiger partial charge is 0.309 e. The van der Waals surface area contributed by atoms with Crippen LogP contribution in [0.2, 0.25) is 0 Å². The number of nitrogens with zero attached hydrogens (tertiary/aromatic N) is 3. The Hall–Kier alpha value is -2.22. The summed E-state index contributed by atoms with van der Waals surface area (Å²) in [5, 5.41) is 0.851. The van der Waals surface area contributed by atoms with E-state index in [4.69, 9.17) is 4.74 Å². The number of thiazole rings is 1. The number of fused-ring (bicyclic) bond motifs is 1. The number of aromatic nitrogens is 1. The Bertz CT molecular complexity index is 894. The van der Waals surface area contributed by atoms with Crippen LogP contribution in [0.1, 0.15) is 32.6 Å². The lowest BCUT2D eigenvalue weighted by Gasteiger charge is -2.37. The molecule has 156 valence electrons. The summed E-state index contributed by atoms with van der Waals surface area (Å²) in [7, 11) is 0. The minimum Gasteiger partial charge on any atom is -0.466 e. The molecule has 1 aromatic heterocycles. The Morgan fingerprint density at radius 1 is 1.21 bits per heavy atom. The fourth-order valence-electron chi connectivity index (χ4n) is 4.23. The number of esters is 1. The summed E-state index contributed by atoms with van der Waals surface area (Å²) in [4.78, 5) is 33.7. The van der Waals surface area contributed by atoms with Gasteiger partial charge in [-0.05, 0) is 50.8 Å². The molecule has 8 heteroatoms. The number of carbonyl (C=O) groups excluding carboxylic acids is 2. The molecule has 2 fully saturated rings. The van der Waals surface area contributed by atoms with Crippen LogP contribution in [-0.2, 0) is 14.3 Å². The molecular weight excluding hydrogens is 393 g/mol. The van der Waals surface area contributed by atoms with Crippen molar-refractivity contribution < 1.29 is 18.7 Å². The monoisotopic (exact) mass is 419 g/mol. The topological polar surface area (TPSA) is 62.7 Å². The third-order valence-corrected chi connectivity index (χ3v) is 6.89. The van der Waals surface area contributed by atoms with E-state index in [0.29, 0.717) is 39.1 Å². The number of anilines is 1. The summed E-state index contributed by atoms with van der Waals surface area (Å²) in [5.74, 6) is -0.387. The standard InChI is InChI=1S/C21H26FN3O3S/c1-2-28-20(27)14-7-10-24(11-8-14)19(26)15-4-3-9-25(13-15)21-23-17-6-5-16(22)12-18(17)29-21/h5-6,12,14-15H,2-4,7-11,13H2,1H3. The van der Waals surface area contributed by atoms with Crippen molar-refractivity contribution in [3.8, 4) is 0 Å². The van der Waals surface area contributed by atoms with Crippen molar-refractivity contribution >= 4 is 38.6 Å². The van der Waals surface area contributed by atoms with Crippen LogP contribution in [-0.4, -0.2) is 54.5 Å². The molecule has 1 aromatic carbocycles. The van der Waals surface area contributed by atoms with Gasteiger partial charge in [0.05, 0.1) is 28.7 Å². The zero-order valence-corrected chi connectivity index (χ0v) is 17.4. The number of hydrogen-bond donors (Lipinski definition) is 0. The first-order chi connectivity index (χ1) is 14.0. The first kappa shape index (κ1) is 20.1.